The number of ether oxygens (including phenoxy) is 4. The molecule has 1 fully saturated rings. The lowest BCUT2D eigenvalue weighted by Crippen LogP contribution is -2.47. The summed E-state index contributed by atoms with van der Waals surface area (Å²) in [6.07, 6.45) is 2.47. The minimum atomic E-state index is -0.865. The van der Waals surface area contributed by atoms with E-state index in [0.717, 1.165) is 38.1 Å². The highest BCUT2D eigenvalue weighted by molar-refractivity contribution is 5.76. The van der Waals surface area contributed by atoms with E-state index in [1.807, 2.05) is 42.5 Å². The molecule has 8 heteroatoms. The second kappa shape index (κ2) is 12.8. The second-order valence-corrected chi connectivity index (χ2v) is 9.01. The molecule has 0 spiro atoms. The van der Waals surface area contributed by atoms with Crippen LogP contribution in [0.4, 0.5) is 0 Å². The third kappa shape index (κ3) is 7.34. The maximum Gasteiger partial charge on any atom is 0.223 e. The number of nitrogens with one attached hydrogen (secondary N) is 1. The Balaban J connectivity index is 1.32. The zero-order chi connectivity index (χ0) is 24.5. The molecule has 0 aliphatic carbocycles. The van der Waals surface area contributed by atoms with Crippen LogP contribution < -0.4 is 19.5 Å². The molecule has 1 unspecified atom stereocenters. The van der Waals surface area contributed by atoms with Crippen molar-refractivity contribution < 1.29 is 28.8 Å². The van der Waals surface area contributed by atoms with E-state index in [9.17, 15) is 9.90 Å². The van der Waals surface area contributed by atoms with Crippen LogP contribution in [-0.4, -0.2) is 75.1 Å². The van der Waals surface area contributed by atoms with E-state index >= 15 is 0 Å². The van der Waals surface area contributed by atoms with Crippen LogP contribution >= 0.6 is 0 Å². The van der Waals surface area contributed by atoms with Gasteiger partial charge in [-0.1, -0.05) is 18.2 Å². The van der Waals surface area contributed by atoms with Gasteiger partial charge < -0.3 is 34.3 Å². The molecule has 2 aromatic carbocycles. The smallest absolute Gasteiger partial charge is 0.223 e. The number of nitrogens with zero attached hydrogens (tertiary/aromatic N) is 1. The minimum absolute atomic E-state index is 0.150. The number of carbonyl (C=O) groups is 1. The lowest BCUT2D eigenvalue weighted by atomic mass is 10.0. The first-order valence-corrected chi connectivity index (χ1v) is 12.4. The molecule has 0 bridgehead atoms. The Bertz CT molecular complexity index is 945. The lowest BCUT2D eigenvalue weighted by molar-refractivity contribution is -0.123. The predicted octanol–water partition coefficient (Wildman–Crippen LogP) is 2.73. The SMILES string of the molecule is COCCc1ccc(OCCC(=O)N[C@H](CN2CCCC2)C(O)c2ccc3c(c2)OCCO3)cc1. The molecule has 0 radical (unpaired) electrons. The predicted molar refractivity (Wildman–Crippen MR) is 132 cm³/mol. The molecule has 2 atom stereocenters. The normalized spacial score (nSPS) is 17.1. The summed E-state index contributed by atoms with van der Waals surface area (Å²) in [5, 5.41) is 14.2. The summed E-state index contributed by atoms with van der Waals surface area (Å²) in [4.78, 5) is 15.1. The van der Waals surface area contributed by atoms with Gasteiger partial charge in [0.25, 0.3) is 0 Å². The summed E-state index contributed by atoms with van der Waals surface area (Å²) in [5.41, 5.74) is 1.87. The van der Waals surface area contributed by atoms with Crippen LogP contribution in [0.2, 0.25) is 0 Å². The van der Waals surface area contributed by atoms with E-state index in [2.05, 4.69) is 10.2 Å². The van der Waals surface area contributed by atoms with E-state index in [0.29, 0.717) is 43.4 Å². The quantitative estimate of drug-likeness (QED) is 0.479. The summed E-state index contributed by atoms with van der Waals surface area (Å²) < 4.78 is 22.1. The third-order valence-electron chi connectivity index (χ3n) is 6.40. The van der Waals surface area contributed by atoms with Crippen LogP contribution in [0.25, 0.3) is 0 Å². The standard InChI is InChI=1S/C27H36N2O6/c1-32-14-10-20-4-7-22(8-5-20)33-15-11-26(30)28-23(19-29-12-2-3-13-29)27(31)21-6-9-24-25(18-21)35-17-16-34-24/h4-9,18,23,27,31H,2-3,10-17,19H2,1H3,(H,28,30)/t23-,27?/m1/s1. The number of hydrogen-bond acceptors (Lipinski definition) is 7. The van der Waals surface area contributed by atoms with E-state index in [1.165, 1.54) is 5.56 Å². The number of likely N-dealkylation sites (tertiary alicyclic amines) is 1. The first kappa shape index (κ1) is 25.3. The number of rotatable bonds is 12. The molecule has 4 rings (SSSR count). The molecule has 35 heavy (non-hydrogen) atoms. The fraction of sp³-hybridized carbons (Fsp3) is 0.519. The fourth-order valence-corrected chi connectivity index (χ4v) is 4.46. The number of aliphatic hydroxyl groups excluding tert-OH is 1. The number of aliphatic hydroxyl groups is 1. The van der Waals surface area contributed by atoms with Crippen LogP contribution in [-0.2, 0) is 16.0 Å². The van der Waals surface area contributed by atoms with Gasteiger partial charge in [-0.2, -0.15) is 0 Å². The van der Waals surface area contributed by atoms with Gasteiger partial charge in [-0.05, 0) is 67.7 Å². The van der Waals surface area contributed by atoms with Crippen molar-refractivity contribution >= 4 is 5.91 Å². The lowest BCUT2D eigenvalue weighted by Gasteiger charge is -2.29. The Morgan fingerprint density at radius 3 is 2.54 bits per heavy atom. The maximum atomic E-state index is 12.8. The topological polar surface area (TPSA) is 89.5 Å². The summed E-state index contributed by atoms with van der Waals surface area (Å²) in [7, 11) is 1.69. The Kier molecular flexibility index (Phi) is 9.22. The highest BCUT2D eigenvalue weighted by atomic mass is 16.6. The number of hydrogen-bond donors (Lipinski definition) is 2. The van der Waals surface area contributed by atoms with E-state index < -0.39 is 12.1 Å². The summed E-state index contributed by atoms with van der Waals surface area (Å²) in [5.74, 6) is 1.88. The average Bonchev–Trinajstić information content (AvgIpc) is 3.40. The molecule has 2 aliphatic heterocycles. The van der Waals surface area contributed by atoms with Crippen molar-refractivity contribution in [2.45, 2.75) is 37.8 Å². The molecule has 2 N–H and O–H groups in total. The van der Waals surface area contributed by atoms with E-state index in [4.69, 9.17) is 18.9 Å². The first-order chi connectivity index (χ1) is 17.1. The van der Waals surface area contributed by atoms with Crippen molar-refractivity contribution in [3.63, 3.8) is 0 Å². The zero-order valence-electron chi connectivity index (χ0n) is 20.4. The monoisotopic (exact) mass is 484 g/mol. The van der Waals surface area contributed by atoms with E-state index in [-0.39, 0.29) is 18.9 Å². The van der Waals surface area contributed by atoms with Crippen molar-refractivity contribution in [1.82, 2.24) is 10.2 Å². The molecule has 190 valence electrons. The summed E-state index contributed by atoms with van der Waals surface area (Å²) in [6.45, 7) is 4.48. The van der Waals surface area contributed by atoms with Gasteiger partial charge in [0.05, 0.1) is 25.7 Å². The van der Waals surface area contributed by atoms with Gasteiger partial charge in [-0.15, -0.1) is 0 Å². The van der Waals surface area contributed by atoms with Crippen molar-refractivity contribution in [3.05, 3.63) is 53.6 Å². The molecule has 2 aromatic rings. The van der Waals surface area contributed by atoms with Crippen LogP contribution in [0.15, 0.2) is 42.5 Å². The van der Waals surface area contributed by atoms with Crippen LogP contribution in [0.5, 0.6) is 17.2 Å². The van der Waals surface area contributed by atoms with Crippen LogP contribution in [0, 0.1) is 0 Å². The Hall–Kier alpha value is -2.81. The van der Waals surface area contributed by atoms with Crippen molar-refractivity contribution in [3.8, 4) is 17.2 Å². The van der Waals surface area contributed by atoms with Gasteiger partial charge in [0, 0.05) is 13.7 Å². The van der Waals surface area contributed by atoms with Crippen molar-refractivity contribution in [2.75, 3.05) is 53.2 Å². The minimum Gasteiger partial charge on any atom is -0.493 e. The van der Waals surface area contributed by atoms with Gasteiger partial charge >= 0.3 is 0 Å². The molecule has 0 aromatic heterocycles. The van der Waals surface area contributed by atoms with Gasteiger partial charge in [0.2, 0.25) is 5.91 Å². The van der Waals surface area contributed by atoms with Crippen LogP contribution in [0.1, 0.15) is 36.5 Å². The van der Waals surface area contributed by atoms with Crippen LogP contribution in [0.3, 0.4) is 0 Å². The molecule has 8 nitrogen and oxygen atoms in total. The Morgan fingerprint density at radius 1 is 1.06 bits per heavy atom. The van der Waals surface area contributed by atoms with Crippen molar-refractivity contribution in [2.24, 2.45) is 0 Å². The largest absolute Gasteiger partial charge is 0.493 e. The number of fused-ring (bicyclic) bond motifs is 1. The number of benzene rings is 2. The Morgan fingerprint density at radius 2 is 1.80 bits per heavy atom. The zero-order valence-corrected chi connectivity index (χ0v) is 20.4. The number of amides is 1. The summed E-state index contributed by atoms with van der Waals surface area (Å²) >= 11 is 0. The molecule has 2 aliphatic rings. The first-order valence-electron chi connectivity index (χ1n) is 12.4. The summed E-state index contributed by atoms with van der Waals surface area (Å²) in [6, 6.07) is 12.8. The highest BCUT2D eigenvalue weighted by Gasteiger charge is 2.27. The highest BCUT2D eigenvalue weighted by Crippen LogP contribution is 2.33. The Labute approximate surface area is 207 Å². The number of carbonyl (C=O) groups excluding carboxylic acids is 1. The van der Waals surface area contributed by atoms with E-state index in [1.54, 1.807) is 7.11 Å². The average molecular weight is 485 g/mol. The second-order valence-electron chi connectivity index (χ2n) is 9.01. The molecule has 2 heterocycles. The third-order valence-corrected chi connectivity index (χ3v) is 6.40. The van der Waals surface area contributed by atoms with Gasteiger partial charge in [-0.3, -0.25) is 4.79 Å². The molecular formula is C27H36N2O6. The molecule has 1 saturated heterocycles. The fourth-order valence-electron chi connectivity index (χ4n) is 4.46. The maximum absolute atomic E-state index is 12.8. The van der Waals surface area contributed by atoms with Crippen molar-refractivity contribution in [1.29, 1.82) is 0 Å². The van der Waals surface area contributed by atoms with Gasteiger partial charge in [0.1, 0.15) is 25.1 Å². The molecule has 1 amide bonds. The van der Waals surface area contributed by atoms with Gasteiger partial charge in [-0.25, -0.2) is 0 Å². The number of methoxy groups -OCH3 is 1. The molecule has 0 saturated carbocycles. The van der Waals surface area contributed by atoms with Gasteiger partial charge in [0.15, 0.2) is 11.5 Å². The molecular weight excluding hydrogens is 448 g/mol.